The van der Waals surface area contributed by atoms with Gasteiger partial charge in [-0.3, -0.25) is 10.2 Å². The zero-order chi connectivity index (χ0) is 19.9. The van der Waals surface area contributed by atoms with E-state index in [0.29, 0.717) is 17.4 Å². The van der Waals surface area contributed by atoms with Gasteiger partial charge in [0.15, 0.2) is 0 Å². The average molecular weight is 397 g/mol. The number of aromatic nitrogens is 1. The number of carbonyl (C=O) groups is 1. The first-order valence-electron chi connectivity index (χ1n) is 8.81. The first-order chi connectivity index (χ1) is 13.5. The molecule has 28 heavy (non-hydrogen) atoms. The van der Waals surface area contributed by atoms with Crippen molar-refractivity contribution in [3.05, 3.63) is 70.5 Å². The SMILES string of the molecule is CCOC(=O)Cc1csc(NN=Cc2cccc(-c3cc(F)ccc3C)c2)n1. The molecule has 0 aliphatic heterocycles. The Morgan fingerprint density at radius 2 is 2.18 bits per heavy atom. The van der Waals surface area contributed by atoms with Crippen LogP contribution >= 0.6 is 11.3 Å². The van der Waals surface area contributed by atoms with Crippen molar-refractivity contribution >= 4 is 28.7 Å². The summed E-state index contributed by atoms with van der Waals surface area (Å²) in [5, 5.41) is 6.58. The molecule has 0 bridgehead atoms. The van der Waals surface area contributed by atoms with Crippen LogP contribution in [0.25, 0.3) is 11.1 Å². The minimum Gasteiger partial charge on any atom is -0.466 e. The molecule has 0 unspecified atom stereocenters. The highest BCUT2D eigenvalue weighted by molar-refractivity contribution is 7.13. The van der Waals surface area contributed by atoms with Crippen molar-refractivity contribution in [2.45, 2.75) is 20.3 Å². The number of anilines is 1. The zero-order valence-corrected chi connectivity index (χ0v) is 16.4. The number of nitrogens with zero attached hydrogens (tertiary/aromatic N) is 2. The maximum Gasteiger partial charge on any atom is 0.311 e. The number of aryl methyl sites for hydroxylation is 1. The average Bonchev–Trinajstić information content (AvgIpc) is 3.11. The minimum atomic E-state index is -0.299. The predicted molar refractivity (Wildman–Crippen MR) is 110 cm³/mol. The van der Waals surface area contributed by atoms with Gasteiger partial charge in [-0.15, -0.1) is 11.3 Å². The number of hydrazone groups is 1. The summed E-state index contributed by atoms with van der Waals surface area (Å²) in [7, 11) is 0. The monoisotopic (exact) mass is 397 g/mol. The summed E-state index contributed by atoms with van der Waals surface area (Å²) >= 11 is 1.36. The van der Waals surface area contributed by atoms with E-state index in [1.165, 1.54) is 23.5 Å². The lowest BCUT2D eigenvalue weighted by Crippen LogP contribution is -2.07. The Hall–Kier alpha value is -3.06. The lowest BCUT2D eigenvalue weighted by molar-refractivity contribution is -0.142. The molecule has 2 aromatic carbocycles. The molecular weight excluding hydrogens is 377 g/mol. The number of benzene rings is 2. The maximum absolute atomic E-state index is 13.6. The smallest absolute Gasteiger partial charge is 0.311 e. The van der Waals surface area contributed by atoms with E-state index in [2.05, 4.69) is 15.5 Å². The van der Waals surface area contributed by atoms with Gasteiger partial charge >= 0.3 is 5.97 Å². The van der Waals surface area contributed by atoms with E-state index >= 15 is 0 Å². The molecule has 144 valence electrons. The third-order valence-electron chi connectivity index (χ3n) is 3.95. The summed E-state index contributed by atoms with van der Waals surface area (Å²) in [5.74, 6) is -0.559. The van der Waals surface area contributed by atoms with Gasteiger partial charge in [0.2, 0.25) is 5.13 Å². The van der Waals surface area contributed by atoms with E-state index in [9.17, 15) is 9.18 Å². The van der Waals surface area contributed by atoms with Crippen LogP contribution in [0.2, 0.25) is 0 Å². The second kappa shape index (κ2) is 9.23. The number of thiazole rings is 1. The molecule has 3 aromatic rings. The molecule has 0 atom stereocenters. The predicted octanol–water partition coefficient (Wildman–Crippen LogP) is 4.81. The van der Waals surface area contributed by atoms with E-state index < -0.39 is 0 Å². The van der Waals surface area contributed by atoms with E-state index in [1.54, 1.807) is 24.6 Å². The largest absolute Gasteiger partial charge is 0.466 e. The Morgan fingerprint density at radius 1 is 1.32 bits per heavy atom. The fraction of sp³-hybridized carbons (Fsp3) is 0.190. The van der Waals surface area contributed by atoms with Crippen LogP contribution in [0.1, 0.15) is 23.7 Å². The summed E-state index contributed by atoms with van der Waals surface area (Å²) in [6, 6.07) is 12.5. The normalized spacial score (nSPS) is 11.0. The Balaban J connectivity index is 1.66. The molecule has 0 radical (unpaired) electrons. The number of halogens is 1. The number of hydrogen-bond donors (Lipinski definition) is 1. The first kappa shape index (κ1) is 19.7. The van der Waals surface area contributed by atoms with Crippen molar-refractivity contribution < 1.29 is 13.9 Å². The summed E-state index contributed by atoms with van der Waals surface area (Å²) in [6.45, 7) is 4.07. The lowest BCUT2D eigenvalue weighted by Gasteiger charge is -2.07. The fourth-order valence-electron chi connectivity index (χ4n) is 2.65. The Kier molecular flexibility index (Phi) is 6.49. The molecule has 0 aliphatic carbocycles. The first-order valence-corrected chi connectivity index (χ1v) is 9.69. The summed E-state index contributed by atoms with van der Waals surface area (Å²) in [4.78, 5) is 15.8. The standard InChI is InChI=1S/C21H20FN3O2S/c1-3-27-20(26)11-18-13-28-21(24-18)25-23-12-15-5-4-6-16(9-15)19-10-17(22)8-7-14(19)2/h4-10,12-13H,3,11H2,1-2H3,(H,24,25). The van der Waals surface area contributed by atoms with Crippen LogP contribution in [0, 0.1) is 12.7 Å². The quantitative estimate of drug-likeness (QED) is 0.353. The van der Waals surface area contributed by atoms with Crippen LogP contribution in [-0.4, -0.2) is 23.8 Å². The van der Waals surface area contributed by atoms with Gasteiger partial charge in [-0.25, -0.2) is 9.37 Å². The highest BCUT2D eigenvalue weighted by Gasteiger charge is 2.08. The van der Waals surface area contributed by atoms with Crippen LogP contribution < -0.4 is 5.43 Å². The third-order valence-corrected chi connectivity index (χ3v) is 4.75. The van der Waals surface area contributed by atoms with Crippen LogP contribution in [0.3, 0.4) is 0 Å². The van der Waals surface area contributed by atoms with Crippen molar-refractivity contribution in [2.75, 3.05) is 12.0 Å². The lowest BCUT2D eigenvalue weighted by atomic mass is 9.99. The van der Waals surface area contributed by atoms with Gasteiger partial charge in [0.25, 0.3) is 0 Å². The van der Waals surface area contributed by atoms with Gasteiger partial charge in [-0.1, -0.05) is 24.3 Å². The van der Waals surface area contributed by atoms with Crippen molar-refractivity contribution in [3.8, 4) is 11.1 Å². The van der Waals surface area contributed by atoms with Gasteiger partial charge in [-0.2, -0.15) is 5.10 Å². The molecule has 0 amide bonds. The third kappa shape index (κ3) is 5.23. The number of esters is 1. The summed E-state index contributed by atoms with van der Waals surface area (Å²) in [5.41, 5.74) is 7.16. The molecule has 3 rings (SSSR count). The van der Waals surface area contributed by atoms with Crippen LogP contribution in [0.15, 0.2) is 52.9 Å². The molecule has 0 spiro atoms. The molecule has 0 saturated heterocycles. The molecule has 1 N–H and O–H groups in total. The molecule has 0 aliphatic rings. The van der Waals surface area contributed by atoms with Gasteiger partial charge in [0.05, 0.1) is 24.9 Å². The summed E-state index contributed by atoms with van der Waals surface area (Å²) < 4.78 is 18.5. The maximum atomic E-state index is 13.6. The molecule has 0 saturated carbocycles. The number of hydrogen-bond acceptors (Lipinski definition) is 6. The van der Waals surface area contributed by atoms with Gasteiger partial charge in [-0.05, 0) is 54.3 Å². The number of ether oxygens (including phenoxy) is 1. The Bertz CT molecular complexity index is 1000. The van der Waals surface area contributed by atoms with Gasteiger partial charge < -0.3 is 4.74 Å². The second-order valence-corrected chi connectivity index (χ2v) is 6.94. The van der Waals surface area contributed by atoms with E-state index in [1.807, 2.05) is 31.2 Å². The fourth-order valence-corrected chi connectivity index (χ4v) is 3.31. The van der Waals surface area contributed by atoms with E-state index in [0.717, 1.165) is 22.3 Å². The molecule has 1 aromatic heterocycles. The second-order valence-electron chi connectivity index (χ2n) is 6.08. The van der Waals surface area contributed by atoms with Crippen molar-refractivity contribution in [3.63, 3.8) is 0 Å². The minimum absolute atomic E-state index is 0.144. The highest BCUT2D eigenvalue weighted by atomic mass is 32.1. The van der Waals surface area contributed by atoms with Gasteiger partial charge in [0.1, 0.15) is 5.82 Å². The summed E-state index contributed by atoms with van der Waals surface area (Å²) in [6.07, 6.45) is 1.81. The molecule has 0 fully saturated rings. The Labute approximate surface area is 166 Å². The number of nitrogens with one attached hydrogen (secondary N) is 1. The molecule has 7 heteroatoms. The Morgan fingerprint density at radius 3 is 3.00 bits per heavy atom. The van der Waals surface area contributed by atoms with Crippen LogP contribution in [0.4, 0.5) is 9.52 Å². The van der Waals surface area contributed by atoms with Crippen LogP contribution in [0.5, 0.6) is 0 Å². The molecular formula is C21H20FN3O2S. The zero-order valence-electron chi connectivity index (χ0n) is 15.6. The van der Waals surface area contributed by atoms with Crippen LogP contribution in [-0.2, 0) is 16.0 Å². The van der Waals surface area contributed by atoms with Crippen molar-refractivity contribution in [2.24, 2.45) is 5.10 Å². The van der Waals surface area contributed by atoms with Crippen molar-refractivity contribution in [1.82, 2.24) is 4.98 Å². The van der Waals surface area contributed by atoms with Gasteiger partial charge in [0, 0.05) is 5.38 Å². The number of carbonyl (C=O) groups excluding carboxylic acids is 1. The van der Waals surface area contributed by atoms with E-state index in [4.69, 9.17) is 4.74 Å². The topological polar surface area (TPSA) is 63.6 Å². The van der Waals surface area contributed by atoms with Crippen molar-refractivity contribution in [1.29, 1.82) is 0 Å². The molecule has 5 nitrogen and oxygen atoms in total. The number of rotatable bonds is 7. The van der Waals surface area contributed by atoms with E-state index in [-0.39, 0.29) is 18.2 Å². The molecule has 1 heterocycles. The highest BCUT2D eigenvalue weighted by Crippen LogP contribution is 2.25.